The zero-order chi connectivity index (χ0) is 22.4. The summed E-state index contributed by atoms with van der Waals surface area (Å²) in [5.74, 6) is 1.10. The average Bonchev–Trinajstić information content (AvgIpc) is 3.26. The maximum atomic E-state index is 12.6. The monoisotopic (exact) mass is 439 g/mol. The molecule has 0 spiro atoms. The Morgan fingerprint density at radius 1 is 1.25 bits per heavy atom. The Labute approximate surface area is 186 Å². The van der Waals surface area contributed by atoms with Crippen LogP contribution < -0.4 is 14.9 Å². The molecule has 1 unspecified atom stereocenters. The summed E-state index contributed by atoms with van der Waals surface area (Å²) in [6, 6.07) is 3.62. The van der Waals surface area contributed by atoms with Gasteiger partial charge in [0.15, 0.2) is 16.9 Å². The predicted molar refractivity (Wildman–Crippen MR) is 119 cm³/mol. The number of hydrogen-bond acceptors (Lipinski definition) is 5. The quantitative estimate of drug-likeness (QED) is 0.764. The predicted octanol–water partition coefficient (Wildman–Crippen LogP) is 3.71. The van der Waals surface area contributed by atoms with E-state index in [1.807, 2.05) is 4.57 Å². The van der Waals surface area contributed by atoms with E-state index in [4.69, 9.17) is 14.2 Å². The molecule has 7 heteroatoms. The van der Waals surface area contributed by atoms with E-state index < -0.39 is 11.4 Å². The fraction of sp³-hybridized carbons (Fsp3) is 0.520. The van der Waals surface area contributed by atoms with Crippen molar-refractivity contribution in [1.29, 1.82) is 0 Å². The lowest BCUT2D eigenvalue weighted by Gasteiger charge is -2.34. The molecule has 0 saturated carbocycles. The van der Waals surface area contributed by atoms with Crippen LogP contribution in [0.4, 0.5) is 0 Å². The van der Waals surface area contributed by atoms with Crippen LogP contribution in [0, 0.1) is 11.8 Å². The second-order valence-corrected chi connectivity index (χ2v) is 9.35. The summed E-state index contributed by atoms with van der Waals surface area (Å²) in [4.78, 5) is 24.2. The van der Waals surface area contributed by atoms with E-state index in [0.717, 1.165) is 72.8 Å². The lowest BCUT2D eigenvalue weighted by Crippen LogP contribution is -2.28. The summed E-state index contributed by atoms with van der Waals surface area (Å²) >= 11 is 0. The van der Waals surface area contributed by atoms with Gasteiger partial charge >= 0.3 is 5.97 Å². The Morgan fingerprint density at radius 3 is 2.75 bits per heavy atom. The summed E-state index contributed by atoms with van der Waals surface area (Å²) in [5.41, 5.74) is 3.32. The minimum atomic E-state index is -1.19. The molecule has 1 saturated heterocycles. The highest BCUT2D eigenvalue weighted by Gasteiger charge is 2.34. The van der Waals surface area contributed by atoms with Gasteiger partial charge in [-0.05, 0) is 42.7 Å². The number of carbonyl (C=O) groups is 1. The van der Waals surface area contributed by atoms with Gasteiger partial charge in [-0.2, -0.15) is 0 Å². The third kappa shape index (κ3) is 3.58. The molecule has 1 aromatic carbocycles. The van der Waals surface area contributed by atoms with E-state index in [-0.39, 0.29) is 17.5 Å². The Morgan fingerprint density at radius 2 is 2.03 bits per heavy atom. The number of aromatic nitrogens is 1. The molecule has 170 valence electrons. The first-order valence-corrected chi connectivity index (χ1v) is 11.5. The van der Waals surface area contributed by atoms with E-state index in [1.54, 1.807) is 0 Å². The summed E-state index contributed by atoms with van der Waals surface area (Å²) in [7, 11) is 0. The molecule has 4 heterocycles. The summed E-state index contributed by atoms with van der Waals surface area (Å²) < 4.78 is 19.7. The van der Waals surface area contributed by atoms with Crippen molar-refractivity contribution in [2.24, 2.45) is 11.8 Å². The van der Waals surface area contributed by atoms with Crippen LogP contribution in [-0.2, 0) is 17.6 Å². The molecule has 0 aliphatic carbocycles. The molecule has 1 atom stereocenters. The van der Waals surface area contributed by atoms with Gasteiger partial charge in [-0.25, -0.2) is 4.79 Å². The van der Waals surface area contributed by atoms with Crippen molar-refractivity contribution in [3.63, 3.8) is 0 Å². The molecule has 5 rings (SSSR count). The van der Waals surface area contributed by atoms with Crippen molar-refractivity contribution in [2.45, 2.75) is 45.6 Å². The molecular weight excluding hydrogens is 410 g/mol. The number of benzene rings is 1. The van der Waals surface area contributed by atoms with Crippen molar-refractivity contribution in [2.75, 3.05) is 26.4 Å². The standard InChI is InChI=1S/C25H29NO6/c1-14(2)19-9-16-10-22(32-13-15-3-6-30-7-4-15)24-17(5-8-31-24)23(16)20-11-21(27)18(25(28)29)12-26(19)20/h10-12,14-15,19H,3-9,13H2,1-2H3,(H,28,29). The lowest BCUT2D eigenvalue weighted by molar-refractivity contribution is 0.0493. The second-order valence-electron chi connectivity index (χ2n) is 9.35. The third-order valence-corrected chi connectivity index (χ3v) is 6.96. The van der Waals surface area contributed by atoms with Crippen molar-refractivity contribution in [3.8, 4) is 22.8 Å². The molecule has 3 aliphatic heterocycles. The van der Waals surface area contributed by atoms with Crippen molar-refractivity contribution < 1.29 is 24.1 Å². The normalized spacial score (nSPS) is 19.8. The third-order valence-electron chi connectivity index (χ3n) is 6.96. The van der Waals surface area contributed by atoms with Crippen LogP contribution in [0.15, 0.2) is 23.1 Å². The molecule has 1 aromatic heterocycles. The first kappa shape index (κ1) is 21.1. The summed E-state index contributed by atoms with van der Waals surface area (Å²) in [5, 5.41) is 9.49. The molecule has 32 heavy (non-hydrogen) atoms. The molecule has 0 bridgehead atoms. The maximum Gasteiger partial charge on any atom is 0.341 e. The van der Waals surface area contributed by atoms with Crippen LogP contribution in [0.5, 0.6) is 11.5 Å². The largest absolute Gasteiger partial charge is 0.489 e. The SMILES string of the molecule is CC(C)C1Cc2cc(OCC3CCOCC3)c3c(c2-c2cc(=O)c(C(=O)O)cn21)CCO3. The topological polar surface area (TPSA) is 87.0 Å². The molecular formula is C25H29NO6. The maximum absolute atomic E-state index is 12.6. The highest BCUT2D eigenvalue weighted by atomic mass is 16.5. The number of hydrogen-bond donors (Lipinski definition) is 1. The Balaban J connectivity index is 1.60. The zero-order valence-corrected chi connectivity index (χ0v) is 18.6. The highest BCUT2D eigenvalue weighted by molar-refractivity contribution is 5.88. The van der Waals surface area contributed by atoms with E-state index in [1.165, 1.54) is 12.3 Å². The molecule has 2 aromatic rings. The fourth-order valence-electron chi connectivity index (χ4n) is 5.18. The second kappa shape index (κ2) is 8.28. The van der Waals surface area contributed by atoms with Crippen molar-refractivity contribution in [1.82, 2.24) is 4.57 Å². The first-order chi connectivity index (χ1) is 15.4. The minimum absolute atomic E-state index is 0.0555. The summed E-state index contributed by atoms with van der Waals surface area (Å²) in [6.45, 7) is 7.03. The van der Waals surface area contributed by atoms with E-state index in [9.17, 15) is 14.7 Å². The van der Waals surface area contributed by atoms with Crippen LogP contribution in [0.1, 0.15) is 54.2 Å². The Bertz CT molecular complexity index is 1110. The smallest absolute Gasteiger partial charge is 0.341 e. The molecule has 0 amide bonds. The van der Waals surface area contributed by atoms with Gasteiger partial charge in [0.2, 0.25) is 0 Å². The zero-order valence-electron chi connectivity index (χ0n) is 18.6. The van der Waals surface area contributed by atoms with E-state index in [0.29, 0.717) is 19.1 Å². The fourth-order valence-corrected chi connectivity index (χ4v) is 5.18. The van der Waals surface area contributed by atoms with Gasteiger partial charge in [-0.3, -0.25) is 4.79 Å². The number of rotatable bonds is 5. The van der Waals surface area contributed by atoms with Gasteiger partial charge < -0.3 is 23.9 Å². The average molecular weight is 440 g/mol. The first-order valence-electron chi connectivity index (χ1n) is 11.5. The van der Waals surface area contributed by atoms with Gasteiger partial charge in [0.1, 0.15) is 5.56 Å². The van der Waals surface area contributed by atoms with Gasteiger partial charge in [0.25, 0.3) is 0 Å². The highest BCUT2D eigenvalue weighted by Crippen LogP contribution is 2.48. The van der Waals surface area contributed by atoms with Crippen LogP contribution in [0.3, 0.4) is 0 Å². The molecule has 1 N–H and O–H groups in total. The molecule has 7 nitrogen and oxygen atoms in total. The van der Waals surface area contributed by atoms with Crippen LogP contribution >= 0.6 is 0 Å². The van der Waals surface area contributed by atoms with Gasteiger partial charge in [0, 0.05) is 49.1 Å². The molecule has 1 fully saturated rings. The Hall–Kier alpha value is -2.80. The van der Waals surface area contributed by atoms with Crippen molar-refractivity contribution in [3.05, 3.63) is 45.2 Å². The van der Waals surface area contributed by atoms with Crippen LogP contribution in [0.25, 0.3) is 11.3 Å². The van der Waals surface area contributed by atoms with Gasteiger partial charge in [-0.15, -0.1) is 0 Å². The summed E-state index contributed by atoms with van der Waals surface area (Å²) in [6.07, 6.45) is 5.03. The van der Waals surface area contributed by atoms with E-state index >= 15 is 0 Å². The number of pyridine rings is 1. The number of carboxylic acid groups (broad SMARTS) is 1. The van der Waals surface area contributed by atoms with Crippen LogP contribution in [0.2, 0.25) is 0 Å². The van der Waals surface area contributed by atoms with Gasteiger partial charge in [0.05, 0.1) is 18.9 Å². The number of carboxylic acids is 1. The molecule has 0 radical (unpaired) electrons. The Kier molecular flexibility index (Phi) is 5.45. The minimum Gasteiger partial charge on any atom is -0.489 e. The number of ether oxygens (including phenoxy) is 3. The van der Waals surface area contributed by atoms with E-state index in [2.05, 4.69) is 19.9 Å². The number of aromatic carboxylic acids is 1. The van der Waals surface area contributed by atoms with Crippen LogP contribution in [-0.4, -0.2) is 42.1 Å². The van der Waals surface area contributed by atoms with Gasteiger partial charge in [-0.1, -0.05) is 13.8 Å². The molecule has 3 aliphatic rings. The number of fused-ring (bicyclic) bond motifs is 5. The van der Waals surface area contributed by atoms with Crippen molar-refractivity contribution >= 4 is 5.97 Å². The number of nitrogens with zero attached hydrogens (tertiary/aromatic N) is 1. The lowest BCUT2D eigenvalue weighted by atomic mass is 9.84.